The third kappa shape index (κ3) is 3.47. The zero-order valence-corrected chi connectivity index (χ0v) is 11.9. The lowest BCUT2D eigenvalue weighted by Crippen LogP contribution is -2.27. The standard InChI is InChI=1S/C15H20N2O2/c1-7-15(6,8-2)19-14(18)13-9-16-17(12(13)5)10-11(3)4/h1,8-9,11H,2,10H2,3-6H3/t15-/m1/s1. The van der Waals surface area contributed by atoms with Crippen LogP contribution in [-0.2, 0) is 11.3 Å². The molecule has 19 heavy (non-hydrogen) atoms. The van der Waals surface area contributed by atoms with Crippen molar-refractivity contribution >= 4 is 5.97 Å². The van der Waals surface area contributed by atoms with E-state index < -0.39 is 11.6 Å². The van der Waals surface area contributed by atoms with Gasteiger partial charge < -0.3 is 4.74 Å². The maximum Gasteiger partial charge on any atom is 0.343 e. The van der Waals surface area contributed by atoms with E-state index in [1.54, 1.807) is 11.6 Å². The van der Waals surface area contributed by atoms with Crippen LogP contribution in [0.25, 0.3) is 0 Å². The Hall–Kier alpha value is -2.02. The molecule has 0 aliphatic heterocycles. The lowest BCUT2D eigenvalue weighted by molar-refractivity contribution is 0.0283. The number of aromatic nitrogens is 2. The van der Waals surface area contributed by atoms with E-state index in [-0.39, 0.29) is 0 Å². The Morgan fingerprint density at radius 2 is 2.37 bits per heavy atom. The van der Waals surface area contributed by atoms with Crippen LogP contribution in [0, 0.1) is 25.2 Å². The molecule has 0 fully saturated rings. The molecule has 1 aromatic rings. The minimum atomic E-state index is -1.09. The van der Waals surface area contributed by atoms with Crippen LogP contribution < -0.4 is 0 Å². The second-order valence-corrected chi connectivity index (χ2v) is 5.06. The van der Waals surface area contributed by atoms with Gasteiger partial charge in [-0.2, -0.15) is 5.10 Å². The molecule has 1 rings (SSSR count). The molecule has 0 N–H and O–H groups in total. The molecule has 102 valence electrons. The first-order chi connectivity index (χ1) is 8.83. The highest BCUT2D eigenvalue weighted by atomic mass is 16.6. The smallest absolute Gasteiger partial charge is 0.343 e. The van der Waals surface area contributed by atoms with Gasteiger partial charge in [0.05, 0.1) is 6.20 Å². The number of carbonyl (C=O) groups excluding carboxylic acids is 1. The van der Waals surface area contributed by atoms with Gasteiger partial charge in [0.2, 0.25) is 0 Å². The fourth-order valence-corrected chi connectivity index (χ4v) is 1.55. The number of rotatable bonds is 5. The fraction of sp³-hybridized carbons (Fsp3) is 0.467. The Labute approximate surface area is 114 Å². The highest BCUT2D eigenvalue weighted by Gasteiger charge is 2.25. The van der Waals surface area contributed by atoms with Crippen molar-refractivity contribution in [2.75, 3.05) is 0 Å². The Balaban J connectivity index is 2.93. The van der Waals surface area contributed by atoms with Crippen molar-refractivity contribution in [1.82, 2.24) is 9.78 Å². The van der Waals surface area contributed by atoms with E-state index in [4.69, 9.17) is 11.2 Å². The topological polar surface area (TPSA) is 44.1 Å². The minimum absolute atomic E-state index is 0.434. The van der Waals surface area contributed by atoms with Crippen molar-refractivity contribution in [3.05, 3.63) is 30.1 Å². The summed E-state index contributed by atoms with van der Waals surface area (Å²) >= 11 is 0. The maximum absolute atomic E-state index is 12.1. The number of carbonyl (C=O) groups is 1. The number of terminal acetylenes is 1. The maximum atomic E-state index is 12.1. The van der Waals surface area contributed by atoms with Gasteiger partial charge in [0.25, 0.3) is 0 Å². The lowest BCUT2D eigenvalue weighted by atomic mass is 10.1. The molecule has 0 amide bonds. The Bertz CT molecular complexity index is 523. The summed E-state index contributed by atoms with van der Waals surface area (Å²) < 4.78 is 7.07. The van der Waals surface area contributed by atoms with Crippen molar-refractivity contribution in [2.24, 2.45) is 5.92 Å². The molecule has 0 saturated heterocycles. The zero-order chi connectivity index (χ0) is 14.6. The quantitative estimate of drug-likeness (QED) is 0.464. The molecule has 1 heterocycles. The van der Waals surface area contributed by atoms with Crippen molar-refractivity contribution in [2.45, 2.75) is 39.8 Å². The second-order valence-electron chi connectivity index (χ2n) is 5.06. The third-order valence-electron chi connectivity index (χ3n) is 2.84. The van der Waals surface area contributed by atoms with Crippen LogP contribution in [0.1, 0.15) is 36.8 Å². The summed E-state index contributed by atoms with van der Waals surface area (Å²) in [6.45, 7) is 12.0. The first kappa shape index (κ1) is 15.0. The molecule has 0 aliphatic rings. The van der Waals surface area contributed by atoms with Crippen LogP contribution in [0.4, 0.5) is 0 Å². The molecule has 4 heteroatoms. The largest absolute Gasteiger partial charge is 0.439 e. The van der Waals surface area contributed by atoms with Crippen LogP contribution in [0.15, 0.2) is 18.9 Å². The van der Waals surface area contributed by atoms with Crippen molar-refractivity contribution in [3.63, 3.8) is 0 Å². The molecule has 0 saturated carbocycles. The number of ether oxygens (including phenoxy) is 1. The monoisotopic (exact) mass is 260 g/mol. The summed E-state index contributed by atoms with van der Waals surface area (Å²) in [5.41, 5.74) is 0.120. The SMILES string of the molecule is C#C[C@](C)(C=C)OC(=O)c1cnn(CC(C)C)c1C. The van der Waals surface area contributed by atoms with Gasteiger partial charge in [-0.3, -0.25) is 4.68 Å². The van der Waals surface area contributed by atoms with Crippen molar-refractivity contribution < 1.29 is 9.53 Å². The van der Waals surface area contributed by atoms with Gasteiger partial charge in [0.15, 0.2) is 5.60 Å². The van der Waals surface area contributed by atoms with Gasteiger partial charge in [0, 0.05) is 12.2 Å². The number of nitrogens with zero attached hydrogens (tertiary/aromatic N) is 2. The molecular formula is C15H20N2O2. The third-order valence-corrected chi connectivity index (χ3v) is 2.84. The van der Waals surface area contributed by atoms with Gasteiger partial charge in [-0.1, -0.05) is 26.3 Å². The zero-order valence-electron chi connectivity index (χ0n) is 11.9. The van der Waals surface area contributed by atoms with Crippen molar-refractivity contribution in [3.8, 4) is 12.3 Å². The van der Waals surface area contributed by atoms with Gasteiger partial charge in [-0.15, -0.1) is 6.42 Å². The van der Waals surface area contributed by atoms with E-state index in [1.165, 1.54) is 12.3 Å². The van der Waals surface area contributed by atoms with Crippen LogP contribution >= 0.6 is 0 Å². The number of hydrogen-bond donors (Lipinski definition) is 0. The summed E-state index contributed by atoms with van der Waals surface area (Å²) in [5, 5.41) is 4.20. The van der Waals surface area contributed by atoms with E-state index in [9.17, 15) is 4.79 Å². The summed E-state index contributed by atoms with van der Waals surface area (Å²) in [6, 6.07) is 0. The predicted molar refractivity (Wildman–Crippen MR) is 74.7 cm³/mol. The van der Waals surface area contributed by atoms with Crippen molar-refractivity contribution in [1.29, 1.82) is 0 Å². The van der Waals surface area contributed by atoms with Gasteiger partial charge in [-0.05, 0) is 25.8 Å². The Kier molecular flexibility index (Phi) is 4.55. The average Bonchev–Trinajstić information content (AvgIpc) is 2.70. The second kappa shape index (κ2) is 5.75. The molecule has 1 atom stereocenters. The first-order valence-electron chi connectivity index (χ1n) is 6.20. The summed E-state index contributed by atoms with van der Waals surface area (Å²) in [4.78, 5) is 12.1. The predicted octanol–water partition coefficient (Wildman–Crippen LogP) is 2.58. The van der Waals surface area contributed by atoms with Crippen LogP contribution in [-0.4, -0.2) is 21.4 Å². The highest BCUT2D eigenvalue weighted by molar-refractivity contribution is 5.90. The van der Waals surface area contributed by atoms with E-state index in [0.717, 1.165) is 12.2 Å². The van der Waals surface area contributed by atoms with E-state index in [0.29, 0.717) is 11.5 Å². The molecule has 0 aromatic carbocycles. The fourth-order valence-electron chi connectivity index (χ4n) is 1.55. The van der Waals surface area contributed by atoms with Gasteiger partial charge >= 0.3 is 5.97 Å². The average molecular weight is 260 g/mol. The van der Waals surface area contributed by atoms with Gasteiger partial charge in [-0.25, -0.2) is 4.79 Å². The molecule has 0 aliphatic carbocycles. The molecule has 1 aromatic heterocycles. The van der Waals surface area contributed by atoms with Crippen LogP contribution in [0.5, 0.6) is 0 Å². The molecule has 0 bridgehead atoms. The van der Waals surface area contributed by atoms with Gasteiger partial charge in [0.1, 0.15) is 5.56 Å². The van der Waals surface area contributed by atoms with E-state index in [2.05, 4.69) is 31.4 Å². The summed E-state index contributed by atoms with van der Waals surface area (Å²) in [7, 11) is 0. The Morgan fingerprint density at radius 1 is 1.74 bits per heavy atom. The molecular weight excluding hydrogens is 240 g/mol. The summed E-state index contributed by atoms with van der Waals surface area (Å²) in [6.07, 6.45) is 8.28. The van der Waals surface area contributed by atoms with Crippen LogP contribution in [0.3, 0.4) is 0 Å². The molecule has 0 unspecified atom stereocenters. The minimum Gasteiger partial charge on any atom is -0.439 e. The van der Waals surface area contributed by atoms with Crippen LogP contribution in [0.2, 0.25) is 0 Å². The number of hydrogen-bond acceptors (Lipinski definition) is 3. The molecule has 0 spiro atoms. The first-order valence-corrected chi connectivity index (χ1v) is 6.20. The normalized spacial score (nSPS) is 13.7. The van der Waals surface area contributed by atoms with E-state index in [1.807, 2.05) is 6.92 Å². The Morgan fingerprint density at radius 3 is 2.84 bits per heavy atom. The summed E-state index contributed by atoms with van der Waals surface area (Å²) in [5.74, 6) is 2.37. The lowest BCUT2D eigenvalue weighted by Gasteiger charge is -2.19. The van der Waals surface area contributed by atoms with E-state index >= 15 is 0 Å². The molecule has 0 radical (unpaired) electrons. The molecule has 4 nitrogen and oxygen atoms in total. The number of esters is 1. The highest BCUT2D eigenvalue weighted by Crippen LogP contribution is 2.17.